The fraction of sp³-hybridized carbons (Fsp3) is 0.750. The van der Waals surface area contributed by atoms with Crippen molar-refractivity contribution in [3.05, 3.63) is 0 Å². The number of carbonyl (C=O) groups is 1. The Hall–Kier alpha value is -0.520. The lowest BCUT2D eigenvalue weighted by atomic mass is 10.7. The highest BCUT2D eigenvalue weighted by molar-refractivity contribution is 7.86. The van der Waals surface area contributed by atoms with Crippen LogP contribution in [0.2, 0.25) is 0 Å². The third-order valence-corrected chi connectivity index (χ3v) is 1.96. The first-order valence-electron chi connectivity index (χ1n) is 2.69. The molecule has 0 spiro atoms. The Morgan fingerprint density at radius 1 is 1.50 bits per heavy atom. The maximum atomic E-state index is 10.6. The molecule has 0 aliphatic carbocycles. The summed E-state index contributed by atoms with van der Waals surface area (Å²) in [6.07, 6.45) is 0.744. The summed E-state index contributed by atoms with van der Waals surface area (Å²) in [7, 11) is -3.52. The van der Waals surface area contributed by atoms with Gasteiger partial charge < -0.3 is 4.74 Å². The van der Waals surface area contributed by atoms with Gasteiger partial charge in [0.05, 0.1) is 13.4 Å². The van der Waals surface area contributed by atoms with Crippen LogP contribution in [0.5, 0.6) is 0 Å². The third kappa shape index (κ3) is 4.38. The van der Waals surface area contributed by atoms with Crippen LogP contribution in [0, 0.1) is 0 Å². The fourth-order valence-corrected chi connectivity index (χ4v) is 1.58. The SMILES string of the molecule is COC(=O)C(OS(C)(=O)=O)P=O. The highest BCUT2D eigenvalue weighted by Gasteiger charge is 2.24. The molecule has 0 rings (SSSR count). The second kappa shape index (κ2) is 4.49. The molecule has 0 bridgehead atoms. The molecule has 1 unspecified atom stereocenters. The number of hydrogen-bond acceptors (Lipinski definition) is 6. The van der Waals surface area contributed by atoms with Crippen LogP contribution in [0.1, 0.15) is 0 Å². The Labute approximate surface area is 71.2 Å². The molecule has 0 aromatic heterocycles. The summed E-state index contributed by atoms with van der Waals surface area (Å²) in [5.74, 6) is -2.61. The second-order valence-electron chi connectivity index (χ2n) is 1.78. The largest absolute Gasteiger partial charge is 0.466 e. The van der Waals surface area contributed by atoms with Crippen LogP contribution < -0.4 is 0 Å². The molecule has 0 saturated heterocycles. The highest BCUT2D eigenvalue weighted by atomic mass is 32.2. The first-order chi connectivity index (χ1) is 5.40. The van der Waals surface area contributed by atoms with Gasteiger partial charge in [-0.3, -0.25) is 4.57 Å². The molecular weight excluding hydrogens is 207 g/mol. The molecule has 0 aliphatic rings. The van der Waals surface area contributed by atoms with Crippen molar-refractivity contribution in [2.24, 2.45) is 0 Å². The van der Waals surface area contributed by atoms with E-state index in [1.54, 1.807) is 0 Å². The van der Waals surface area contributed by atoms with E-state index < -0.39 is 30.4 Å². The lowest BCUT2D eigenvalue weighted by Crippen LogP contribution is -2.22. The van der Waals surface area contributed by atoms with Gasteiger partial charge in [-0.15, -0.1) is 0 Å². The molecule has 1 atom stereocenters. The summed E-state index contributed by atoms with van der Waals surface area (Å²) < 4.78 is 39.3. The van der Waals surface area contributed by atoms with Crippen LogP contribution in [0.3, 0.4) is 0 Å². The number of hydrogen-bond donors (Lipinski definition) is 0. The predicted molar refractivity (Wildman–Crippen MR) is 39.3 cm³/mol. The summed E-state index contributed by atoms with van der Waals surface area (Å²) in [6, 6.07) is 0. The third-order valence-electron chi connectivity index (χ3n) is 0.764. The van der Waals surface area contributed by atoms with E-state index in [0.717, 1.165) is 13.4 Å². The first kappa shape index (κ1) is 11.5. The van der Waals surface area contributed by atoms with E-state index in [9.17, 15) is 17.8 Å². The maximum Gasteiger partial charge on any atom is 0.348 e. The lowest BCUT2D eigenvalue weighted by Gasteiger charge is -2.05. The van der Waals surface area contributed by atoms with Gasteiger partial charge in [-0.05, 0) is 0 Å². The molecule has 0 aromatic carbocycles. The Morgan fingerprint density at radius 3 is 2.25 bits per heavy atom. The lowest BCUT2D eigenvalue weighted by molar-refractivity contribution is -0.144. The fourth-order valence-electron chi connectivity index (χ4n) is 0.366. The zero-order valence-corrected chi connectivity index (χ0v) is 8.09. The zero-order chi connectivity index (χ0) is 9.78. The summed E-state index contributed by atoms with van der Waals surface area (Å²) in [6.45, 7) is 0. The van der Waals surface area contributed by atoms with E-state index in [0.29, 0.717) is 0 Å². The molecule has 8 heteroatoms. The van der Waals surface area contributed by atoms with Crippen molar-refractivity contribution in [3.63, 3.8) is 0 Å². The molecule has 0 heterocycles. The van der Waals surface area contributed by atoms with E-state index in [1.807, 2.05) is 0 Å². The minimum atomic E-state index is -3.80. The maximum absolute atomic E-state index is 10.6. The molecule has 0 saturated carbocycles. The standard InChI is InChI=1S/C4H7O6PS/c1-9-3(5)4(11-6)10-12(2,7)8/h4H,1-2H3. The minimum Gasteiger partial charge on any atom is -0.466 e. The Balaban J connectivity index is 4.39. The van der Waals surface area contributed by atoms with Gasteiger partial charge in [0.1, 0.15) is 0 Å². The zero-order valence-electron chi connectivity index (χ0n) is 6.38. The minimum absolute atomic E-state index is 0.744. The van der Waals surface area contributed by atoms with Crippen molar-refractivity contribution in [1.82, 2.24) is 0 Å². The van der Waals surface area contributed by atoms with Crippen LogP contribution in [0.4, 0.5) is 0 Å². The van der Waals surface area contributed by atoms with Gasteiger partial charge in [0.25, 0.3) is 16.0 Å². The van der Waals surface area contributed by atoms with Gasteiger partial charge in [-0.1, -0.05) is 0 Å². The van der Waals surface area contributed by atoms with Crippen molar-refractivity contribution >= 4 is 24.5 Å². The highest BCUT2D eigenvalue weighted by Crippen LogP contribution is 2.12. The van der Waals surface area contributed by atoms with Crippen LogP contribution >= 0.6 is 8.46 Å². The van der Waals surface area contributed by atoms with Crippen LogP contribution in [-0.4, -0.2) is 33.6 Å². The molecule has 0 radical (unpaired) electrons. The van der Waals surface area contributed by atoms with E-state index >= 15 is 0 Å². The number of carbonyl (C=O) groups excluding carboxylic acids is 1. The van der Waals surface area contributed by atoms with E-state index in [4.69, 9.17) is 0 Å². The Bertz CT molecular complexity index is 269. The monoisotopic (exact) mass is 214 g/mol. The summed E-state index contributed by atoms with van der Waals surface area (Å²) in [5, 5.41) is 0. The second-order valence-corrected chi connectivity index (χ2v) is 4.06. The average Bonchev–Trinajstić information content (AvgIpc) is 1.97. The van der Waals surface area contributed by atoms with Crippen molar-refractivity contribution in [2.45, 2.75) is 5.85 Å². The molecule has 0 fully saturated rings. The van der Waals surface area contributed by atoms with Gasteiger partial charge >= 0.3 is 5.97 Å². The van der Waals surface area contributed by atoms with E-state index in [-0.39, 0.29) is 0 Å². The van der Waals surface area contributed by atoms with Gasteiger partial charge in [0.15, 0.2) is 0 Å². The van der Waals surface area contributed by atoms with Crippen molar-refractivity contribution in [3.8, 4) is 0 Å². The number of methoxy groups -OCH3 is 1. The molecule has 0 aliphatic heterocycles. The van der Waals surface area contributed by atoms with Gasteiger partial charge in [0, 0.05) is 0 Å². The first-order valence-corrected chi connectivity index (χ1v) is 5.39. The van der Waals surface area contributed by atoms with Crippen molar-refractivity contribution in [1.29, 1.82) is 0 Å². The summed E-state index contributed by atoms with van der Waals surface area (Å²) >= 11 is 0. The molecule has 12 heavy (non-hydrogen) atoms. The van der Waals surface area contributed by atoms with Crippen LogP contribution in [0.25, 0.3) is 0 Å². The molecule has 0 aromatic rings. The van der Waals surface area contributed by atoms with Crippen LogP contribution in [-0.2, 0) is 28.4 Å². The normalized spacial score (nSPS) is 14.2. The summed E-state index contributed by atoms with van der Waals surface area (Å²) in [4.78, 5) is 10.6. The number of ether oxygens (including phenoxy) is 1. The topological polar surface area (TPSA) is 86.7 Å². The molecule has 0 amide bonds. The number of rotatable bonds is 4. The van der Waals surface area contributed by atoms with Crippen molar-refractivity contribution in [2.75, 3.05) is 13.4 Å². The van der Waals surface area contributed by atoms with E-state index in [2.05, 4.69) is 8.92 Å². The summed E-state index contributed by atoms with van der Waals surface area (Å²) in [5.41, 5.74) is 0. The molecular formula is C4H7O6PS. The smallest absolute Gasteiger partial charge is 0.348 e. The van der Waals surface area contributed by atoms with Gasteiger partial charge in [-0.2, -0.15) is 8.42 Å². The van der Waals surface area contributed by atoms with Crippen molar-refractivity contribution < 1.29 is 26.7 Å². The van der Waals surface area contributed by atoms with Gasteiger partial charge in [0.2, 0.25) is 8.46 Å². The number of esters is 1. The quantitative estimate of drug-likeness (QED) is 0.364. The van der Waals surface area contributed by atoms with E-state index in [1.165, 1.54) is 0 Å². The van der Waals surface area contributed by atoms with Crippen LogP contribution in [0.15, 0.2) is 0 Å². The van der Waals surface area contributed by atoms with Gasteiger partial charge in [-0.25, -0.2) is 8.98 Å². The molecule has 0 N–H and O–H groups in total. The molecule has 70 valence electrons. The predicted octanol–water partition coefficient (Wildman–Crippen LogP) is -0.247. The Morgan fingerprint density at radius 2 is 2.00 bits per heavy atom. The molecule has 6 nitrogen and oxygen atoms in total. The Kier molecular flexibility index (Phi) is 4.30. The average molecular weight is 214 g/mol.